The minimum absolute atomic E-state index is 0.0349. The lowest BCUT2D eigenvalue weighted by Gasteiger charge is -2.25. The van der Waals surface area contributed by atoms with Crippen molar-refractivity contribution in [1.29, 1.82) is 0 Å². The third-order valence-electron chi connectivity index (χ3n) is 6.05. The van der Waals surface area contributed by atoms with Gasteiger partial charge in [0.2, 0.25) is 17.6 Å². The number of carbonyl (C=O) groups is 1. The molecule has 5 heteroatoms. The van der Waals surface area contributed by atoms with Gasteiger partial charge < -0.3 is 9.42 Å². The number of hydrogen-bond donors (Lipinski definition) is 0. The van der Waals surface area contributed by atoms with E-state index >= 15 is 0 Å². The molecule has 1 aliphatic heterocycles. The molecule has 1 aromatic heterocycles. The molecule has 28 heavy (non-hydrogen) atoms. The second-order valence-corrected chi connectivity index (χ2v) is 7.98. The molecule has 0 bridgehead atoms. The first-order valence-corrected chi connectivity index (χ1v) is 9.88. The largest absolute Gasteiger partial charge is 0.339 e. The average Bonchev–Trinajstić information content (AvgIpc) is 3.39. The Balaban J connectivity index is 1.38. The lowest BCUT2D eigenvalue weighted by molar-refractivity contribution is -0.129. The average molecular weight is 373 g/mol. The molecule has 5 nitrogen and oxygen atoms in total. The molecule has 0 saturated carbocycles. The molecule has 0 N–H and O–H groups in total. The normalized spacial score (nSPS) is 21.4. The molecule has 1 aliphatic carbocycles. The number of rotatable bonds is 3. The molecule has 5 rings (SSSR count). The quantitative estimate of drug-likeness (QED) is 0.684. The molecule has 1 saturated heterocycles. The summed E-state index contributed by atoms with van der Waals surface area (Å²) in [4.78, 5) is 19.4. The molecule has 3 aromatic rings. The highest BCUT2D eigenvalue weighted by Crippen LogP contribution is 2.40. The fourth-order valence-electron chi connectivity index (χ4n) is 4.63. The topological polar surface area (TPSA) is 59.2 Å². The summed E-state index contributed by atoms with van der Waals surface area (Å²) < 4.78 is 5.58. The zero-order valence-electron chi connectivity index (χ0n) is 16.2. The van der Waals surface area contributed by atoms with Crippen molar-refractivity contribution in [3.63, 3.8) is 0 Å². The molecule has 2 unspecified atom stereocenters. The van der Waals surface area contributed by atoms with Gasteiger partial charge in [0, 0.05) is 18.5 Å². The number of aromatic nitrogens is 2. The van der Waals surface area contributed by atoms with Crippen LogP contribution in [0.1, 0.15) is 52.9 Å². The maximum absolute atomic E-state index is 12.8. The number of amides is 1. The van der Waals surface area contributed by atoms with Crippen LogP contribution in [-0.4, -0.2) is 27.5 Å². The summed E-state index contributed by atoms with van der Waals surface area (Å²) in [5.74, 6) is 1.31. The Labute approximate surface area is 164 Å². The van der Waals surface area contributed by atoms with Crippen LogP contribution in [-0.2, 0) is 11.2 Å². The Kier molecular flexibility index (Phi) is 4.04. The first-order chi connectivity index (χ1) is 13.6. The van der Waals surface area contributed by atoms with Crippen LogP contribution in [0, 0.1) is 13.8 Å². The molecule has 142 valence electrons. The van der Waals surface area contributed by atoms with Gasteiger partial charge >= 0.3 is 0 Å². The smallest absolute Gasteiger partial charge is 0.232 e. The molecule has 2 heterocycles. The van der Waals surface area contributed by atoms with Crippen LogP contribution in [0.2, 0.25) is 0 Å². The summed E-state index contributed by atoms with van der Waals surface area (Å²) >= 11 is 0. The van der Waals surface area contributed by atoms with Gasteiger partial charge in [-0.05, 0) is 43.4 Å². The maximum Gasteiger partial charge on any atom is 0.232 e. The molecule has 0 radical (unpaired) electrons. The fraction of sp³-hybridized carbons (Fsp3) is 0.348. The Bertz CT molecular complexity index is 1060. The van der Waals surface area contributed by atoms with Gasteiger partial charge in [-0.1, -0.05) is 53.2 Å². The van der Waals surface area contributed by atoms with Crippen molar-refractivity contribution in [1.82, 2.24) is 15.0 Å². The molecule has 2 aliphatic rings. The Hall–Kier alpha value is -2.95. The Morgan fingerprint density at radius 2 is 2.00 bits per heavy atom. The SMILES string of the molecule is Cc1ccc(-c2noc(C3CC(=O)N(C4CCc5ccccc54)C3)n2)c(C)c1. The minimum Gasteiger partial charge on any atom is -0.339 e. The highest BCUT2D eigenvalue weighted by molar-refractivity contribution is 5.80. The van der Waals surface area contributed by atoms with E-state index in [4.69, 9.17) is 4.52 Å². The van der Waals surface area contributed by atoms with E-state index in [9.17, 15) is 4.79 Å². The molecule has 2 atom stereocenters. The lowest BCUT2D eigenvalue weighted by Crippen LogP contribution is -2.28. The van der Waals surface area contributed by atoms with Crippen molar-refractivity contribution in [3.8, 4) is 11.4 Å². The Morgan fingerprint density at radius 1 is 1.14 bits per heavy atom. The summed E-state index contributed by atoms with van der Waals surface area (Å²) in [5.41, 5.74) is 5.96. The van der Waals surface area contributed by atoms with Gasteiger partial charge in [0.05, 0.1) is 12.0 Å². The van der Waals surface area contributed by atoms with Crippen molar-refractivity contribution >= 4 is 5.91 Å². The van der Waals surface area contributed by atoms with Crippen LogP contribution in [0.3, 0.4) is 0 Å². The van der Waals surface area contributed by atoms with E-state index in [-0.39, 0.29) is 17.9 Å². The second-order valence-electron chi connectivity index (χ2n) is 7.98. The van der Waals surface area contributed by atoms with Crippen molar-refractivity contribution in [2.75, 3.05) is 6.54 Å². The molecule has 2 aromatic carbocycles. The standard InChI is InChI=1S/C23H23N3O2/c1-14-7-9-18(15(2)11-14)22-24-23(28-25-22)17-12-21(27)26(13-17)20-10-8-16-5-3-4-6-19(16)20/h3-7,9,11,17,20H,8,10,12-13H2,1-2H3. The maximum atomic E-state index is 12.8. The van der Waals surface area contributed by atoms with Gasteiger partial charge in [0.1, 0.15) is 0 Å². The van der Waals surface area contributed by atoms with E-state index in [0.717, 1.165) is 24.0 Å². The second kappa shape index (κ2) is 6.59. The van der Waals surface area contributed by atoms with E-state index in [0.29, 0.717) is 24.7 Å². The van der Waals surface area contributed by atoms with Crippen LogP contribution in [0.5, 0.6) is 0 Å². The number of fused-ring (bicyclic) bond motifs is 1. The minimum atomic E-state index is -0.0349. The van der Waals surface area contributed by atoms with E-state index in [1.54, 1.807) is 0 Å². The first-order valence-electron chi connectivity index (χ1n) is 9.88. The van der Waals surface area contributed by atoms with E-state index < -0.39 is 0 Å². The highest BCUT2D eigenvalue weighted by Gasteiger charge is 2.40. The van der Waals surface area contributed by atoms with Crippen LogP contribution in [0.25, 0.3) is 11.4 Å². The molecule has 0 spiro atoms. The predicted octanol–water partition coefficient (Wildman–Crippen LogP) is 4.36. The van der Waals surface area contributed by atoms with Crippen LogP contribution in [0.15, 0.2) is 47.0 Å². The third kappa shape index (κ3) is 2.82. The monoisotopic (exact) mass is 373 g/mol. The number of nitrogens with zero attached hydrogens (tertiary/aromatic N) is 3. The molecule has 1 amide bonds. The van der Waals surface area contributed by atoms with Crippen LogP contribution in [0.4, 0.5) is 0 Å². The first kappa shape index (κ1) is 17.2. The van der Waals surface area contributed by atoms with Gasteiger partial charge in [-0.15, -0.1) is 0 Å². The zero-order valence-corrected chi connectivity index (χ0v) is 16.2. The summed E-state index contributed by atoms with van der Waals surface area (Å²) in [5, 5.41) is 4.19. The van der Waals surface area contributed by atoms with Crippen molar-refractivity contribution in [3.05, 3.63) is 70.6 Å². The van der Waals surface area contributed by atoms with Crippen LogP contribution >= 0.6 is 0 Å². The summed E-state index contributed by atoms with van der Waals surface area (Å²) in [6.07, 6.45) is 2.47. The number of aryl methyl sites for hydroxylation is 3. The zero-order chi connectivity index (χ0) is 19.3. The fourth-order valence-corrected chi connectivity index (χ4v) is 4.63. The van der Waals surface area contributed by atoms with Gasteiger partial charge in [-0.3, -0.25) is 4.79 Å². The number of carbonyl (C=O) groups excluding carboxylic acids is 1. The number of benzene rings is 2. The van der Waals surface area contributed by atoms with Crippen molar-refractivity contribution in [2.45, 2.75) is 45.1 Å². The number of likely N-dealkylation sites (tertiary alicyclic amines) is 1. The summed E-state index contributed by atoms with van der Waals surface area (Å²) in [6.45, 7) is 4.77. The van der Waals surface area contributed by atoms with Gasteiger partial charge in [0.25, 0.3) is 0 Å². The van der Waals surface area contributed by atoms with E-state index in [1.165, 1.54) is 16.7 Å². The van der Waals surface area contributed by atoms with Crippen LogP contribution < -0.4 is 0 Å². The lowest BCUT2D eigenvalue weighted by atomic mass is 10.1. The van der Waals surface area contributed by atoms with Crippen molar-refractivity contribution < 1.29 is 9.32 Å². The van der Waals surface area contributed by atoms with Gasteiger partial charge in [0.15, 0.2) is 0 Å². The molecular formula is C23H23N3O2. The summed E-state index contributed by atoms with van der Waals surface area (Å²) in [7, 11) is 0. The highest BCUT2D eigenvalue weighted by atomic mass is 16.5. The third-order valence-corrected chi connectivity index (χ3v) is 6.05. The molecule has 1 fully saturated rings. The number of hydrogen-bond acceptors (Lipinski definition) is 4. The van der Waals surface area contributed by atoms with Gasteiger partial charge in [-0.25, -0.2) is 0 Å². The van der Waals surface area contributed by atoms with E-state index in [1.807, 2.05) is 11.0 Å². The molecular weight excluding hydrogens is 350 g/mol. The van der Waals surface area contributed by atoms with Crippen molar-refractivity contribution in [2.24, 2.45) is 0 Å². The predicted molar refractivity (Wildman–Crippen MR) is 106 cm³/mol. The van der Waals surface area contributed by atoms with E-state index in [2.05, 4.69) is 60.4 Å². The van der Waals surface area contributed by atoms with Gasteiger partial charge in [-0.2, -0.15) is 4.98 Å². The Morgan fingerprint density at radius 3 is 2.86 bits per heavy atom. The summed E-state index contributed by atoms with van der Waals surface area (Å²) in [6, 6.07) is 14.8.